The summed E-state index contributed by atoms with van der Waals surface area (Å²) in [7, 11) is 0. The third-order valence-corrected chi connectivity index (χ3v) is 3.62. The fourth-order valence-electron chi connectivity index (χ4n) is 2.74. The van der Waals surface area contributed by atoms with Crippen molar-refractivity contribution in [2.75, 3.05) is 0 Å². The van der Waals surface area contributed by atoms with E-state index in [0.29, 0.717) is 0 Å². The Morgan fingerprint density at radius 3 is 1.90 bits per heavy atom. The van der Waals surface area contributed by atoms with E-state index in [1.165, 1.54) is 0 Å². The van der Waals surface area contributed by atoms with Gasteiger partial charge in [0.1, 0.15) is 0 Å². The molecule has 3 aromatic rings. The molecule has 0 saturated heterocycles. The smallest absolute Gasteiger partial charge is 0.228 e. The number of aromatic nitrogens is 1. The van der Waals surface area contributed by atoms with Gasteiger partial charge in [-0.05, 0) is 29.7 Å². The van der Waals surface area contributed by atoms with Crippen molar-refractivity contribution in [2.24, 2.45) is 0 Å². The second-order valence-corrected chi connectivity index (χ2v) is 5.15. The molecule has 104 valence electrons. The molecule has 0 aliphatic heterocycles. The molecule has 0 spiro atoms. The molecule has 0 aliphatic carbocycles. The highest BCUT2D eigenvalue weighted by molar-refractivity contribution is 5.89. The van der Waals surface area contributed by atoms with Gasteiger partial charge in [-0.25, -0.2) is 0 Å². The third kappa shape index (κ3) is 2.40. The summed E-state index contributed by atoms with van der Waals surface area (Å²) in [6.45, 7) is 3.66. The van der Waals surface area contributed by atoms with Gasteiger partial charge in [0.05, 0.1) is 11.4 Å². The Hall–Kier alpha value is -2.61. The molecule has 0 aliphatic rings. The van der Waals surface area contributed by atoms with Crippen molar-refractivity contribution in [3.8, 4) is 22.5 Å². The summed E-state index contributed by atoms with van der Waals surface area (Å²) in [5.74, 6) is 0.0285. The van der Waals surface area contributed by atoms with Gasteiger partial charge in [0.15, 0.2) is 0 Å². The molecule has 2 aromatic carbocycles. The Kier molecular flexibility index (Phi) is 3.44. The predicted octanol–water partition coefficient (Wildman–Crippen LogP) is 4.79. The average Bonchev–Trinajstić information content (AvgIpc) is 2.87. The van der Waals surface area contributed by atoms with Gasteiger partial charge in [0.2, 0.25) is 5.91 Å². The van der Waals surface area contributed by atoms with Crippen molar-refractivity contribution in [3.05, 3.63) is 72.3 Å². The molecule has 0 amide bonds. The molecular formula is C19H17NO. The zero-order chi connectivity index (χ0) is 14.8. The molecule has 21 heavy (non-hydrogen) atoms. The number of hydrogen-bond acceptors (Lipinski definition) is 1. The molecule has 0 unspecified atom stereocenters. The molecule has 3 rings (SSSR count). The topological polar surface area (TPSA) is 22.0 Å². The largest absolute Gasteiger partial charge is 0.280 e. The van der Waals surface area contributed by atoms with Crippen LogP contribution in [0, 0.1) is 6.92 Å². The highest BCUT2D eigenvalue weighted by atomic mass is 16.1. The van der Waals surface area contributed by atoms with Crippen LogP contribution in [0.2, 0.25) is 0 Å². The van der Waals surface area contributed by atoms with Crippen LogP contribution in [0.3, 0.4) is 0 Å². The van der Waals surface area contributed by atoms with Gasteiger partial charge in [-0.15, -0.1) is 0 Å². The van der Waals surface area contributed by atoms with E-state index in [-0.39, 0.29) is 5.91 Å². The van der Waals surface area contributed by atoms with Gasteiger partial charge in [0, 0.05) is 6.92 Å². The molecule has 2 heteroatoms. The molecule has 0 fully saturated rings. The van der Waals surface area contributed by atoms with E-state index in [2.05, 4.69) is 6.07 Å². The predicted molar refractivity (Wildman–Crippen MR) is 86.3 cm³/mol. The zero-order valence-corrected chi connectivity index (χ0v) is 12.2. The van der Waals surface area contributed by atoms with Gasteiger partial charge in [-0.1, -0.05) is 60.7 Å². The molecule has 2 nitrogen and oxygen atoms in total. The first-order valence-electron chi connectivity index (χ1n) is 7.02. The molecular weight excluding hydrogens is 258 g/mol. The van der Waals surface area contributed by atoms with Gasteiger partial charge in [0.25, 0.3) is 0 Å². The maximum atomic E-state index is 12.2. The molecule has 0 radical (unpaired) electrons. The molecule has 1 heterocycles. The fraction of sp³-hybridized carbons (Fsp3) is 0.105. The van der Waals surface area contributed by atoms with Crippen LogP contribution in [-0.2, 0) is 0 Å². The van der Waals surface area contributed by atoms with Crippen molar-refractivity contribution in [3.63, 3.8) is 0 Å². The lowest BCUT2D eigenvalue weighted by Crippen LogP contribution is -2.09. The molecule has 0 N–H and O–H groups in total. The summed E-state index contributed by atoms with van der Waals surface area (Å²) >= 11 is 0. The van der Waals surface area contributed by atoms with Crippen LogP contribution in [0.15, 0.2) is 66.7 Å². The lowest BCUT2D eigenvalue weighted by atomic mass is 10.1. The first-order chi connectivity index (χ1) is 10.2. The van der Waals surface area contributed by atoms with E-state index in [1.807, 2.05) is 67.6 Å². The van der Waals surface area contributed by atoms with Gasteiger partial charge in [-0.3, -0.25) is 9.36 Å². The minimum absolute atomic E-state index is 0.0285. The minimum Gasteiger partial charge on any atom is -0.280 e. The van der Waals surface area contributed by atoms with Crippen LogP contribution < -0.4 is 0 Å². The van der Waals surface area contributed by atoms with Crippen molar-refractivity contribution in [2.45, 2.75) is 13.8 Å². The maximum Gasteiger partial charge on any atom is 0.228 e. The number of aryl methyl sites for hydroxylation is 1. The van der Waals surface area contributed by atoms with E-state index in [0.717, 1.165) is 28.1 Å². The van der Waals surface area contributed by atoms with Crippen molar-refractivity contribution < 1.29 is 4.79 Å². The molecule has 0 saturated carbocycles. The lowest BCUT2D eigenvalue weighted by molar-refractivity contribution is 0.0940. The third-order valence-electron chi connectivity index (χ3n) is 3.62. The Labute approximate surface area is 124 Å². The number of carbonyl (C=O) groups excluding carboxylic acids is 1. The molecule has 0 bridgehead atoms. The van der Waals surface area contributed by atoms with Gasteiger partial charge >= 0.3 is 0 Å². The van der Waals surface area contributed by atoms with E-state index >= 15 is 0 Å². The number of hydrogen-bond donors (Lipinski definition) is 0. The van der Waals surface area contributed by atoms with E-state index in [1.54, 1.807) is 11.5 Å². The SMILES string of the molecule is CC(=O)n1c(-c2ccccc2)cc(C)c1-c1ccccc1. The van der Waals surface area contributed by atoms with Crippen molar-refractivity contribution in [1.29, 1.82) is 0 Å². The van der Waals surface area contributed by atoms with Crippen LogP contribution >= 0.6 is 0 Å². The number of carbonyl (C=O) groups is 1. The van der Waals surface area contributed by atoms with Gasteiger partial charge < -0.3 is 0 Å². The summed E-state index contributed by atoms with van der Waals surface area (Å²) in [5, 5.41) is 0. The van der Waals surface area contributed by atoms with E-state index < -0.39 is 0 Å². The Morgan fingerprint density at radius 2 is 1.38 bits per heavy atom. The second-order valence-electron chi connectivity index (χ2n) is 5.15. The molecule has 1 aromatic heterocycles. The summed E-state index contributed by atoms with van der Waals surface area (Å²) in [6.07, 6.45) is 0. The highest BCUT2D eigenvalue weighted by Gasteiger charge is 2.17. The Morgan fingerprint density at radius 1 is 0.857 bits per heavy atom. The number of rotatable bonds is 2. The first kappa shape index (κ1) is 13.4. The summed E-state index contributed by atoms with van der Waals surface area (Å²) in [4.78, 5) is 12.2. The monoisotopic (exact) mass is 275 g/mol. The minimum atomic E-state index is 0.0285. The van der Waals surface area contributed by atoms with Crippen LogP contribution in [0.1, 0.15) is 17.3 Å². The van der Waals surface area contributed by atoms with Crippen LogP contribution in [-0.4, -0.2) is 10.5 Å². The van der Waals surface area contributed by atoms with Crippen LogP contribution in [0.5, 0.6) is 0 Å². The summed E-state index contributed by atoms with van der Waals surface area (Å²) in [5.41, 5.74) is 5.14. The number of nitrogens with zero attached hydrogens (tertiary/aromatic N) is 1. The second kappa shape index (κ2) is 5.41. The van der Waals surface area contributed by atoms with Crippen LogP contribution in [0.4, 0.5) is 0 Å². The zero-order valence-electron chi connectivity index (χ0n) is 12.2. The normalized spacial score (nSPS) is 10.6. The Bertz CT molecular complexity index is 770. The average molecular weight is 275 g/mol. The Balaban J connectivity index is 2.28. The first-order valence-corrected chi connectivity index (χ1v) is 7.02. The molecule has 0 atom stereocenters. The van der Waals surface area contributed by atoms with Gasteiger partial charge in [-0.2, -0.15) is 0 Å². The quantitative estimate of drug-likeness (QED) is 0.659. The lowest BCUT2D eigenvalue weighted by Gasteiger charge is -2.11. The summed E-state index contributed by atoms with van der Waals surface area (Å²) < 4.78 is 1.81. The maximum absolute atomic E-state index is 12.2. The van der Waals surface area contributed by atoms with Crippen molar-refractivity contribution >= 4 is 5.91 Å². The van der Waals surface area contributed by atoms with E-state index in [4.69, 9.17) is 0 Å². The standard InChI is InChI=1S/C19H17NO/c1-14-13-18(16-9-5-3-6-10-16)20(15(2)21)19(14)17-11-7-4-8-12-17/h3-13H,1-2H3. The fourth-order valence-corrected chi connectivity index (χ4v) is 2.74. The summed E-state index contributed by atoms with van der Waals surface area (Å²) in [6, 6.07) is 22.2. The number of benzene rings is 2. The van der Waals surface area contributed by atoms with E-state index in [9.17, 15) is 4.79 Å². The van der Waals surface area contributed by atoms with Crippen LogP contribution in [0.25, 0.3) is 22.5 Å². The highest BCUT2D eigenvalue weighted by Crippen LogP contribution is 2.32. The van der Waals surface area contributed by atoms with Crippen molar-refractivity contribution in [1.82, 2.24) is 4.57 Å².